The molecule has 1 aromatic carbocycles. The van der Waals surface area contributed by atoms with E-state index in [0.717, 1.165) is 21.3 Å². The molecule has 82 valence electrons. The quantitative estimate of drug-likeness (QED) is 0.853. The molecule has 1 aliphatic rings. The Kier molecular flexibility index (Phi) is 3.25. The average molecular weight is 274 g/mol. The lowest BCUT2D eigenvalue weighted by molar-refractivity contribution is -0.0166. The molecule has 0 fully saturated rings. The first-order valence-electron chi connectivity index (χ1n) is 4.63. The van der Waals surface area contributed by atoms with E-state index in [1.54, 1.807) is 6.07 Å². The Bertz CT molecular complexity index is 370. The van der Waals surface area contributed by atoms with Gasteiger partial charge in [-0.2, -0.15) is 0 Å². The summed E-state index contributed by atoms with van der Waals surface area (Å²) in [5.74, 6) is 0.756. The second-order valence-electron chi connectivity index (χ2n) is 3.34. The first-order chi connectivity index (χ1) is 7.22. The Morgan fingerprint density at radius 1 is 1.53 bits per heavy atom. The Morgan fingerprint density at radius 2 is 2.33 bits per heavy atom. The average Bonchev–Trinajstić information content (AvgIpc) is 2.27. The van der Waals surface area contributed by atoms with E-state index in [4.69, 9.17) is 15.2 Å². The summed E-state index contributed by atoms with van der Waals surface area (Å²) >= 11 is 3.39. The highest BCUT2D eigenvalue weighted by atomic mass is 79.9. The monoisotopic (exact) mass is 273 g/mol. The minimum atomic E-state index is -0.670. The van der Waals surface area contributed by atoms with Crippen LogP contribution in [0.4, 0.5) is 0 Å². The number of benzene rings is 1. The third kappa shape index (κ3) is 2.15. The van der Waals surface area contributed by atoms with Crippen molar-refractivity contribution >= 4 is 15.9 Å². The van der Waals surface area contributed by atoms with Crippen molar-refractivity contribution < 1.29 is 14.6 Å². The summed E-state index contributed by atoms with van der Waals surface area (Å²) in [5, 5.41) is 9.67. The number of nitrogens with two attached hydrogens (primary N) is 1. The van der Waals surface area contributed by atoms with Gasteiger partial charge >= 0.3 is 0 Å². The van der Waals surface area contributed by atoms with Crippen molar-refractivity contribution in [2.24, 2.45) is 5.73 Å². The van der Waals surface area contributed by atoms with E-state index in [9.17, 15) is 5.11 Å². The van der Waals surface area contributed by atoms with Crippen LogP contribution in [0.3, 0.4) is 0 Å². The minimum absolute atomic E-state index is 0.188. The van der Waals surface area contributed by atoms with Gasteiger partial charge < -0.3 is 20.3 Å². The Morgan fingerprint density at radius 3 is 3.07 bits per heavy atom. The topological polar surface area (TPSA) is 64.7 Å². The van der Waals surface area contributed by atoms with Crippen LogP contribution in [0.2, 0.25) is 0 Å². The molecule has 1 aromatic rings. The number of ether oxygens (including phenoxy) is 2. The maximum absolute atomic E-state index is 9.67. The van der Waals surface area contributed by atoms with Crippen LogP contribution in [0.5, 0.6) is 5.75 Å². The second kappa shape index (κ2) is 4.49. The SMILES string of the molecule is NCC(O)c1cc2c(cc1Br)COCO2. The van der Waals surface area contributed by atoms with Gasteiger partial charge in [0.2, 0.25) is 0 Å². The van der Waals surface area contributed by atoms with Gasteiger partial charge in [0.15, 0.2) is 6.79 Å². The van der Waals surface area contributed by atoms with Gasteiger partial charge in [-0.25, -0.2) is 0 Å². The fraction of sp³-hybridized carbons (Fsp3) is 0.400. The number of hydrogen-bond donors (Lipinski definition) is 2. The molecule has 2 rings (SSSR count). The molecule has 5 heteroatoms. The molecule has 0 bridgehead atoms. The van der Waals surface area contributed by atoms with Crippen molar-refractivity contribution in [3.63, 3.8) is 0 Å². The molecular formula is C10H12BrNO3. The van der Waals surface area contributed by atoms with Crippen molar-refractivity contribution in [2.75, 3.05) is 13.3 Å². The summed E-state index contributed by atoms with van der Waals surface area (Å²) in [5.41, 5.74) is 7.13. The fourth-order valence-corrected chi connectivity index (χ4v) is 2.15. The van der Waals surface area contributed by atoms with Crippen molar-refractivity contribution in [3.8, 4) is 5.75 Å². The number of aliphatic hydroxyl groups excluding tert-OH is 1. The highest BCUT2D eigenvalue weighted by Gasteiger charge is 2.17. The molecule has 1 aliphatic heterocycles. The maximum Gasteiger partial charge on any atom is 0.189 e. The lowest BCUT2D eigenvalue weighted by Gasteiger charge is -2.20. The zero-order valence-electron chi connectivity index (χ0n) is 8.07. The summed E-state index contributed by atoms with van der Waals surface area (Å²) in [4.78, 5) is 0. The largest absolute Gasteiger partial charge is 0.467 e. The Balaban J connectivity index is 2.40. The summed E-state index contributed by atoms with van der Waals surface area (Å²) in [6, 6.07) is 3.70. The van der Waals surface area contributed by atoms with Crippen LogP contribution >= 0.6 is 15.9 Å². The van der Waals surface area contributed by atoms with Crippen LogP contribution in [0.25, 0.3) is 0 Å². The van der Waals surface area contributed by atoms with Gasteiger partial charge in [-0.3, -0.25) is 0 Å². The molecule has 0 spiro atoms. The predicted molar refractivity (Wildman–Crippen MR) is 58.4 cm³/mol. The van der Waals surface area contributed by atoms with Crippen molar-refractivity contribution in [1.29, 1.82) is 0 Å². The van der Waals surface area contributed by atoms with E-state index in [0.29, 0.717) is 6.61 Å². The lowest BCUT2D eigenvalue weighted by Crippen LogP contribution is -2.15. The van der Waals surface area contributed by atoms with E-state index in [1.807, 2.05) is 6.07 Å². The van der Waals surface area contributed by atoms with Crippen LogP contribution in [-0.4, -0.2) is 18.4 Å². The highest BCUT2D eigenvalue weighted by Crippen LogP contribution is 2.33. The van der Waals surface area contributed by atoms with Gasteiger partial charge in [0.25, 0.3) is 0 Å². The maximum atomic E-state index is 9.67. The molecule has 0 aromatic heterocycles. The van der Waals surface area contributed by atoms with E-state index in [-0.39, 0.29) is 13.3 Å². The first-order valence-corrected chi connectivity index (χ1v) is 5.42. The van der Waals surface area contributed by atoms with E-state index in [1.165, 1.54) is 0 Å². The van der Waals surface area contributed by atoms with E-state index >= 15 is 0 Å². The van der Waals surface area contributed by atoms with Gasteiger partial charge in [-0.1, -0.05) is 15.9 Å². The summed E-state index contributed by atoms with van der Waals surface area (Å²) in [6.45, 7) is 0.980. The van der Waals surface area contributed by atoms with Crippen LogP contribution in [0.15, 0.2) is 16.6 Å². The summed E-state index contributed by atoms with van der Waals surface area (Å²) in [7, 11) is 0. The Labute approximate surface area is 96.1 Å². The third-order valence-corrected chi connectivity index (χ3v) is 3.00. The number of hydrogen-bond acceptors (Lipinski definition) is 4. The van der Waals surface area contributed by atoms with Crippen molar-refractivity contribution in [3.05, 3.63) is 27.7 Å². The van der Waals surface area contributed by atoms with Crippen molar-refractivity contribution in [1.82, 2.24) is 0 Å². The molecule has 0 saturated carbocycles. The van der Waals surface area contributed by atoms with Crippen LogP contribution in [0, 0.1) is 0 Å². The van der Waals surface area contributed by atoms with E-state index < -0.39 is 6.10 Å². The fourth-order valence-electron chi connectivity index (χ4n) is 1.50. The molecule has 1 heterocycles. The smallest absolute Gasteiger partial charge is 0.189 e. The van der Waals surface area contributed by atoms with Gasteiger partial charge in [0.1, 0.15) is 5.75 Å². The minimum Gasteiger partial charge on any atom is -0.467 e. The highest BCUT2D eigenvalue weighted by molar-refractivity contribution is 9.10. The number of aliphatic hydroxyl groups is 1. The van der Waals surface area contributed by atoms with Crippen LogP contribution in [0.1, 0.15) is 17.2 Å². The van der Waals surface area contributed by atoms with Gasteiger partial charge in [0.05, 0.1) is 12.7 Å². The van der Waals surface area contributed by atoms with Crippen LogP contribution in [-0.2, 0) is 11.3 Å². The predicted octanol–water partition coefficient (Wildman–Crippen LogP) is 1.31. The molecule has 15 heavy (non-hydrogen) atoms. The first kappa shape index (κ1) is 10.9. The molecule has 0 aliphatic carbocycles. The van der Waals surface area contributed by atoms with Crippen LogP contribution < -0.4 is 10.5 Å². The van der Waals surface area contributed by atoms with Crippen molar-refractivity contribution in [2.45, 2.75) is 12.7 Å². The standard InChI is InChI=1S/C10H12BrNO3/c11-8-1-6-4-14-5-15-10(6)2-7(8)9(13)3-12/h1-2,9,13H,3-5,12H2. The molecule has 4 nitrogen and oxygen atoms in total. The van der Waals surface area contributed by atoms with E-state index in [2.05, 4.69) is 15.9 Å². The molecule has 0 amide bonds. The third-order valence-electron chi connectivity index (χ3n) is 2.32. The molecule has 0 saturated heterocycles. The van der Waals surface area contributed by atoms with Gasteiger partial charge in [-0.05, 0) is 17.7 Å². The second-order valence-corrected chi connectivity index (χ2v) is 4.20. The molecule has 1 unspecified atom stereocenters. The molecule has 1 atom stereocenters. The number of fused-ring (bicyclic) bond motifs is 1. The molecular weight excluding hydrogens is 262 g/mol. The summed E-state index contributed by atoms with van der Waals surface area (Å²) in [6.07, 6.45) is -0.670. The Hall–Kier alpha value is -0.620. The lowest BCUT2D eigenvalue weighted by atomic mass is 10.1. The zero-order valence-corrected chi connectivity index (χ0v) is 9.66. The molecule has 3 N–H and O–H groups in total. The van der Waals surface area contributed by atoms with Gasteiger partial charge in [0, 0.05) is 16.6 Å². The molecule has 0 radical (unpaired) electrons. The summed E-state index contributed by atoms with van der Waals surface area (Å²) < 4.78 is 11.3. The normalized spacial score (nSPS) is 16.7. The number of rotatable bonds is 2. The van der Waals surface area contributed by atoms with Gasteiger partial charge in [-0.15, -0.1) is 0 Å². The number of halogens is 1. The zero-order chi connectivity index (χ0) is 10.8.